The van der Waals surface area contributed by atoms with E-state index in [1.165, 1.54) is 15.6 Å². The van der Waals surface area contributed by atoms with Crippen LogP contribution in [-0.4, -0.2) is 48.2 Å². The number of anilines is 1. The second-order valence-electron chi connectivity index (χ2n) is 7.22. The van der Waals surface area contributed by atoms with Crippen molar-refractivity contribution in [2.24, 2.45) is 0 Å². The van der Waals surface area contributed by atoms with E-state index in [-0.39, 0.29) is 0 Å². The van der Waals surface area contributed by atoms with Gasteiger partial charge >= 0.3 is 0 Å². The van der Waals surface area contributed by atoms with Gasteiger partial charge in [0.05, 0.1) is 12.7 Å². The number of piperazine rings is 1. The highest BCUT2D eigenvalue weighted by molar-refractivity contribution is 7.17. The number of aromatic nitrogens is 1. The summed E-state index contributed by atoms with van der Waals surface area (Å²) in [5.41, 5.74) is 1.26. The van der Waals surface area contributed by atoms with Crippen LogP contribution >= 0.6 is 11.3 Å². The zero-order chi connectivity index (χ0) is 17.3. The summed E-state index contributed by atoms with van der Waals surface area (Å²) < 4.78 is 7.53. The molecule has 1 aromatic carbocycles. The Balaban J connectivity index is 1.25. The molecule has 2 fully saturated rings. The van der Waals surface area contributed by atoms with Gasteiger partial charge in [0.1, 0.15) is 5.82 Å². The van der Waals surface area contributed by atoms with E-state index in [0.29, 0.717) is 18.8 Å². The van der Waals surface area contributed by atoms with Gasteiger partial charge < -0.3 is 9.64 Å². The lowest BCUT2D eigenvalue weighted by Gasteiger charge is -2.38. The summed E-state index contributed by atoms with van der Waals surface area (Å²) in [7, 11) is 0. The summed E-state index contributed by atoms with van der Waals surface area (Å²) in [5, 5.41) is 3.45. The number of thiophene rings is 1. The van der Waals surface area contributed by atoms with Gasteiger partial charge in [-0.15, -0.1) is 11.3 Å². The van der Waals surface area contributed by atoms with Gasteiger partial charge in [0.25, 0.3) is 0 Å². The third-order valence-corrected chi connectivity index (χ3v) is 6.45. The van der Waals surface area contributed by atoms with Crippen molar-refractivity contribution in [2.45, 2.75) is 25.2 Å². The lowest BCUT2D eigenvalue weighted by atomic mass is 10.1. The Morgan fingerprint density at radius 3 is 2.92 bits per heavy atom. The van der Waals surface area contributed by atoms with E-state index in [1.807, 2.05) is 6.20 Å². The fourth-order valence-electron chi connectivity index (χ4n) is 4.23. The average molecular weight is 366 g/mol. The second kappa shape index (κ2) is 6.99. The molecule has 0 radical (unpaired) electrons. The molecule has 0 aliphatic carbocycles. The summed E-state index contributed by atoms with van der Waals surface area (Å²) in [6.45, 7) is 4.96. The minimum Gasteiger partial charge on any atom is -0.372 e. The van der Waals surface area contributed by atoms with Gasteiger partial charge in [0, 0.05) is 48.5 Å². The zero-order valence-electron chi connectivity index (χ0n) is 14.8. The van der Waals surface area contributed by atoms with E-state index in [4.69, 9.17) is 9.72 Å². The number of nitrogens with zero attached hydrogens (tertiary/aromatic N) is 3. The predicted molar refractivity (Wildman–Crippen MR) is 107 cm³/mol. The van der Waals surface area contributed by atoms with Crippen LogP contribution in [-0.2, 0) is 11.3 Å². The first kappa shape index (κ1) is 16.2. The van der Waals surface area contributed by atoms with Crippen LogP contribution < -0.4 is 4.90 Å². The molecule has 3 aromatic rings. The van der Waals surface area contributed by atoms with Crippen LogP contribution in [0.15, 0.2) is 54.0 Å². The van der Waals surface area contributed by atoms with Gasteiger partial charge in [-0.25, -0.2) is 4.98 Å². The average Bonchev–Trinajstić information content (AvgIpc) is 3.32. The first-order chi connectivity index (χ1) is 12.9. The molecule has 26 heavy (non-hydrogen) atoms. The van der Waals surface area contributed by atoms with Crippen molar-refractivity contribution in [3.05, 3.63) is 59.6 Å². The van der Waals surface area contributed by atoms with E-state index >= 15 is 0 Å². The third kappa shape index (κ3) is 3.11. The molecule has 0 amide bonds. The maximum absolute atomic E-state index is 6.21. The van der Waals surface area contributed by atoms with Crippen LogP contribution in [0.3, 0.4) is 0 Å². The Morgan fingerprint density at radius 2 is 2.00 bits per heavy atom. The Morgan fingerprint density at radius 1 is 1.08 bits per heavy atom. The van der Waals surface area contributed by atoms with Crippen molar-refractivity contribution in [3.63, 3.8) is 0 Å². The molecular weight excluding hydrogens is 342 g/mol. The SMILES string of the molecule is c1ccc(CO[C@@H]2C[C@H]3CN(c4nccc5sccc45)CCN3C2)cc1. The first-order valence-corrected chi connectivity index (χ1v) is 10.2. The molecule has 0 N–H and O–H groups in total. The van der Waals surface area contributed by atoms with E-state index in [9.17, 15) is 0 Å². The largest absolute Gasteiger partial charge is 0.372 e. The Hall–Kier alpha value is -1.95. The van der Waals surface area contributed by atoms with Crippen molar-refractivity contribution >= 4 is 27.2 Å². The van der Waals surface area contributed by atoms with Gasteiger partial charge in [0.15, 0.2) is 0 Å². The molecule has 4 heterocycles. The van der Waals surface area contributed by atoms with Crippen LogP contribution in [0.25, 0.3) is 10.1 Å². The summed E-state index contributed by atoms with van der Waals surface area (Å²) in [6, 6.07) is 15.4. The van der Waals surface area contributed by atoms with Crippen molar-refractivity contribution in [3.8, 4) is 0 Å². The molecule has 2 aliphatic heterocycles. The maximum atomic E-state index is 6.21. The number of hydrogen-bond donors (Lipinski definition) is 0. The molecular formula is C21H23N3OS. The van der Waals surface area contributed by atoms with Crippen LogP contribution in [0.1, 0.15) is 12.0 Å². The number of pyridine rings is 1. The zero-order valence-corrected chi connectivity index (χ0v) is 15.6. The highest BCUT2D eigenvalue weighted by Crippen LogP contribution is 2.32. The molecule has 0 unspecified atom stereocenters. The highest BCUT2D eigenvalue weighted by atomic mass is 32.1. The molecule has 134 valence electrons. The number of rotatable bonds is 4. The number of ether oxygens (including phenoxy) is 1. The molecule has 0 saturated carbocycles. The van der Waals surface area contributed by atoms with Crippen molar-refractivity contribution in [2.75, 3.05) is 31.1 Å². The van der Waals surface area contributed by atoms with Crippen LogP contribution in [0.4, 0.5) is 5.82 Å². The number of hydrogen-bond acceptors (Lipinski definition) is 5. The molecule has 2 aromatic heterocycles. The van der Waals surface area contributed by atoms with Gasteiger partial charge in [-0.3, -0.25) is 4.90 Å². The summed E-state index contributed by atoms with van der Waals surface area (Å²) >= 11 is 1.79. The van der Waals surface area contributed by atoms with E-state index in [1.54, 1.807) is 11.3 Å². The van der Waals surface area contributed by atoms with Gasteiger partial charge in [-0.1, -0.05) is 30.3 Å². The van der Waals surface area contributed by atoms with E-state index in [2.05, 4.69) is 57.6 Å². The summed E-state index contributed by atoms with van der Waals surface area (Å²) in [6.07, 6.45) is 3.40. The molecule has 5 rings (SSSR count). The first-order valence-electron chi connectivity index (χ1n) is 9.33. The molecule has 0 spiro atoms. The molecule has 2 saturated heterocycles. The fraction of sp³-hybridized carbons (Fsp3) is 0.381. The van der Waals surface area contributed by atoms with Gasteiger partial charge in [0.2, 0.25) is 0 Å². The lowest BCUT2D eigenvalue weighted by Crippen LogP contribution is -2.50. The molecule has 5 heteroatoms. The minimum absolute atomic E-state index is 0.338. The molecule has 0 bridgehead atoms. The number of fused-ring (bicyclic) bond motifs is 2. The standard InChI is InChI=1S/C21H23N3OS/c1-2-4-16(5-3-1)15-25-18-12-17-13-24(10-9-23(17)14-18)21-19-7-11-26-20(19)6-8-22-21/h1-8,11,17-18H,9-10,12-15H2/t17-,18+/m0/s1. The summed E-state index contributed by atoms with van der Waals surface area (Å²) in [4.78, 5) is 9.76. The van der Waals surface area contributed by atoms with Crippen molar-refractivity contribution < 1.29 is 4.74 Å². The quantitative estimate of drug-likeness (QED) is 0.704. The normalized spacial score (nSPS) is 23.5. The summed E-state index contributed by atoms with van der Waals surface area (Å²) in [5.74, 6) is 1.15. The van der Waals surface area contributed by atoms with Gasteiger partial charge in [-0.2, -0.15) is 0 Å². The fourth-order valence-corrected chi connectivity index (χ4v) is 5.01. The Bertz CT molecular complexity index is 881. The van der Waals surface area contributed by atoms with Gasteiger partial charge in [-0.05, 0) is 29.5 Å². The molecule has 2 atom stereocenters. The topological polar surface area (TPSA) is 28.6 Å². The predicted octanol–water partition coefficient (Wildman–Crippen LogP) is 3.78. The van der Waals surface area contributed by atoms with Crippen molar-refractivity contribution in [1.82, 2.24) is 9.88 Å². The smallest absolute Gasteiger partial charge is 0.137 e. The Kier molecular flexibility index (Phi) is 4.36. The van der Waals surface area contributed by atoms with E-state index < -0.39 is 0 Å². The maximum Gasteiger partial charge on any atom is 0.137 e. The Labute approximate surface area is 158 Å². The van der Waals surface area contributed by atoms with Crippen LogP contribution in [0.2, 0.25) is 0 Å². The number of benzene rings is 1. The highest BCUT2D eigenvalue weighted by Gasteiger charge is 2.37. The monoisotopic (exact) mass is 365 g/mol. The second-order valence-corrected chi connectivity index (χ2v) is 8.16. The van der Waals surface area contributed by atoms with Crippen LogP contribution in [0.5, 0.6) is 0 Å². The molecule has 4 nitrogen and oxygen atoms in total. The van der Waals surface area contributed by atoms with E-state index in [0.717, 1.165) is 38.4 Å². The van der Waals surface area contributed by atoms with Crippen molar-refractivity contribution in [1.29, 1.82) is 0 Å². The lowest BCUT2D eigenvalue weighted by molar-refractivity contribution is 0.0469. The third-order valence-electron chi connectivity index (χ3n) is 5.56. The minimum atomic E-state index is 0.338. The molecule has 2 aliphatic rings. The van der Waals surface area contributed by atoms with Crippen LogP contribution in [0, 0.1) is 0 Å².